The Hall–Kier alpha value is -1.10. The third kappa shape index (κ3) is 5.65. The molecule has 0 atom stereocenters. The van der Waals surface area contributed by atoms with Crippen molar-refractivity contribution >= 4 is 32.4 Å². The summed E-state index contributed by atoms with van der Waals surface area (Å²) in [6, 6.07) is 0. The molecular weight excluding hydrogens is 314 g/mol. The minimum Gasteiger partial charge on any atom is -0.308 e. The van der Waals surface area contributed by atoms with Crippen molar-refractivity contribution in [3.05, 3.63) is 0 Å². The Labute approximate surface area is 129 Å². The lowest BCUT2D eigenvalue weighted by atomic mass is 9.96. The molecule has 1 heterocycles. The van der Waals surface area contributed by atoms with Gasteiger partial charge in [-0.1, -0.05) is 32.1 Å². The summed E-state index contributed by atoms with van der Waals surface area (Å²) in [4.78, 5) is 13.7. The molecule has 0 bridgehead atoms. The Bertz CT molecular complexity index is 589. The molecule has 1 rings (SSSR count). The van der Waals surface area contributed by atoms with Crippen LogP contribution < -0.4 is 10.0 Å². The van der Waals surface area contributed by atoms with Crippen molar-refractivity contribution in [3.8, 4) is 0 Å². The number of nitrogens with one attached hydrogen (secondary N) is 2. The summed E-state index contributed by atoms with van der Waals surface area (Å²) in [7, 11) is 0.00378. The van der Waals surface area contributed by atoms with Gasteiger partial charge in [0.2, 0.25) is 15.4 Å². The Morgan fingerprint density at radius 1 is 1.29 bits per heavy atom. The molecule has 2 N–H and O–H groups in total. The molecule has 0 aliphatic rings. The first-order chi connectivity index (χ1) is 9.52. The van der Waals surface area contributed by atoms with Crippen LogP contribution in [0, 0.1) is 5.41 Å². The van der Waals surface area contributed by atoms with E-state index in [0.29, 0.717) is 6.54 Å². The van der Waals surface area contributed by atoms with Gasteiger partial charge in [0, 0.05) is 18.5 Å². The molecule has 0 aliphatic heterocycles. The molecular formula is C11H21N5O3S2. The van der Waals surface area contributed by atoms with Crippen molar-refractivity contribution < 1.29 is 13.2 Å². The molecule has 0 saturated carbocycles. The number of carbonyl (C=O) groups is 1. The second kappa shape index (κ2) is 6.77. The average molecular weight is 335 g/mol. The summed E-state index contributed by atoms with van der Waals surface area (Å²) < 4.78 is 26.2. The van der Waals surface area contributed by atoms with Crippen LogP contribution in [-0.2, 0) is 14.8 Å². The SMILES string of the molecule is CN(C)CCNS(=O)(=O)c1nnc(NC(=O)C(C)(C)C)s1. The van der Waals surface area contributed by atoms with Crippen LogP contribution in [0.2, 0.25) is 0 Å². The third-order valence-electron chi connectivity index (χ3n) is 2.39. The van der Waals surface area contributed by atoms with E-state index >= 15 is 0 Å². The molecule has 8 nitrogen and oxygen atoms in total. The molecule has 0 aromatic carbocycles. The molecule has 21 heavy (non-hydrogen) atoms. The van der Waals surface area contributed by atoms with Gasteiger partial charge < -0.3 is 10.2 Å². The maximum absolute atomic E-state index is 12.0. The molecule has 0 spiro atoms. The fraction of sp³-hybridized carbons (Fsp3) is 0.727. The maximum atomic E-state index is 12.0. The second-order valence-corrected chi connectivity index (χ2v) is 8.70. The molecule has 0 fully saturated rings. The number of rotatable bonds is 6. The van der Waals surface area contributed by atoms with Crippen molar-refractivity contribution in [1.29, 1.82) is 0 Å². The van der Waals surface area contributed by atoms with Gasteiger partial charge in [0.05, 0.1) is 0 Å². The number of aromatic nitrogens is 2. The van der Waals surface area contributed by atoms with Crippen molar-refractivity contribution in [2.45, 2.75) is 25.1 Å². The smallest absolute Gasteiger partial charge is 0.269 e. The fourth-order valence-corrected chi connectivity index (χ4v) is 3.08. The fourth-order valence-electron chi connectivity index (χ4n) is 1.12. The van der Waals surface area contributed by atoms with Gasteiger partial charge in [-0.15, -0.1) is 10.2 Å². The molecule has 120 valence electrons. The van der Waals surface area contributed by atoms with E-state index in [-0.39, 0.29) is 21.9 Å². The summed E-state index contributed by atoms with van der Waals surface area (Å²) in [6.07, 6.45) is 0. The first-order valence-corrected chi connectivity index (χ1v) is 8.62. The van der Waals surface area contributed by atoms with Crippen molar-refractivity contribution in [2.75, 3.05) is 32.5 Å². The van der Waals surface area contributed by atoms with Gasteiger partial charge in [-0.25, -0.2) is 13.1 Å². The van der Waals surface area contributed by atoms with Crippen molar-refractivity contribution in [3.63, 3.8) is 0 Å². The van der Waals surface area contributed by atoms with Crippen molar-refractivity contribution in [1.82, 2.24) is 19.8 Å². The van der Waals surface area contributed by atoms with E-state index in [0.717, 1.165) is 11.3 Å². The van der Waals surface area contributed by atoms with Crippen LogP contribution in [0.5, 0.6) is 0 Å². The van der Waals surface area contributed by atoms with Crippen LogP contribution in [0.3, 0.4) is 0 Å². The molecule has 10 heteroatoms. The van der Waals surface area contributed by atoms with Crippen LogP contribution in [-0.4, -0.2) is 56.6 Å². The minimum atomic E-state index is -3.69. The number of hydrogen-bond acceptors (Lipinski definition) is 7. The maximum Gasteiger partial charge on any atom is 0.269 e. The van der Waals surface area contributed by atoms with Gasteiger partial charge in [0.15, 0.2) is 0 Å². The van der Waals surface area contributed by atoms with Gasteiger partial charge in [0.25, 0.3) is 10.0 Å². The Kier molecular flexibility index (Phi) is 5.79. The lowest BCUT2D eigenvalue weighted by molar-refractivity contribution is -0.123. The quantitative estimate of drug-likeness (QED) is 0.728. The number of anilines is 1. The summed E-state index contributed by atoms with van der Waals surface area (Å²) >= 11 is 0.825. The lowest BCUT2D eigenvalue weighted by Crippen LogP contribution is -2.31. The number of likely N-dealkylation sites (N-methyl/N-ethyl adjacent to an activating group) is 1. The van der Waals surface area contributed by atoms with E-state index in [1.807, 2.05) is 19.0 Å². The van der Waals surface area contributed by atoms with E-state index in [4.69, 9.17) is 0 Å². The normalized spacial score (nSPS) is 12.7. The highest BCUT2D eigenvalue weighted by atomic mass is 32.2. The summed E-state index contributed by atoms with van der Waals surface area (Å²) in [5.74, 6) is -0.247. The third-order valence-corrected chi connectivity index (χ3v) is 5.06. The van der Waals surface area contributed by atoms with E-state index in [1.54, 1.807) is 20.8 Å². The minimum absolute atomic E-state index is 0.162. The summed E-state index contributed by atoms with van der Waals surface area (Å²) in [5.41, 5.74) is -0.589. The number of nitrogens with zero attached hydrogens (tertiary/aromatic N) is 3. The predicted octanol–water partition coefficient (Wildman–Crippen LogP) is 0.363. The van der Waals surface area contributed by atoms with Gasteiger partial charge in [-0.2, -0.15) is 0 Å². The van der Waals surface area contributed by atoms with E-state index in [2.05, 4.69) is 20.2 Å². The largest absolute Gasteiger partial charge is 0.308 e. The van der Waals surface area contributed by atoms with Crippen LogP contribution in [0.4, 0.5) is 5.13 Å². The van der Waals surface area contributed by atoms with E-state index in [9.17, 15) is 13.2 Å². The van der Waals surface area contributed by atoms with Crippen LogP contribution in [0.25, 0.3) is 0 Å². The molecule has 0 aliphatic carbocycles. The Morgan fingerprint density at radius 2 is 1.90 bits per heavy atom. The highest BCUT2D eigenvalue weighted by Crippen LogP contribution is 2.22. The highest BCUT2D eigenvalue weighted by molar-refractivity contribution is 7.91. The molecule has 1 aromatic heterocycles. The standard InChI is InChI=1S/C11H21N5O3S2/c1-11(2,3)8(17)13-9-14-15-10(20-9)21(18,19)12-6-7-16(4)5/h12H,6-7H2,1-5H3,(H,13,14,17). The monoisotopic (exact) mass is 335 g/mol. The first-order valence-electron chi connectivity index (χ1n) is 6.32. The zero-order valence-corrected chi connectivity index (χ0v) is 14.4. The zero-order chi connectivity index (χ0) is 16.3. The zero-order valence-electron chi connectivity index (χ0n) is 12.8. The highest BCUT2D eigenvalue weighted by Gasteiger charge is 2.24. The van der Waals surface area contributed by atoms with Crippen LogP contribution >= 0.6 is 11.3 Å². The predicted molar refractivity (Wildman–Crippen MR) is 81.7 cm³/mol. The topological polar surface area (TPSA) is 104 Å². The lowest BCUT2D eigenvalue weighted by Gasteiger charge is -2.15. The summed E-state index contributed by atoms with van der Waals surface area (Å²) in [6.45, 7) is 6.11. The Morgan fingerprint density at radius 3 is 2.43 bits per heavy atom. The number of carbonyl (C=O) groups excluding carboxylic acids is 1. The first kappa shape index (κ1) is 18.0. The van der Waals surface area contributed by atoms with Gasteiger partial charge in [-0.3, -0.25) is 4.79 Å². The van der Waals surface area contributed by atoms with Crippen LogP contribution in [0.1, 0.15) is 20.8 Å². The molecule has 1 aromatic rings. The molecule has 0 radical (unpaired) electrons. The molecule has 0 unspecified atom stereocenters. The summed E-state index contributed by atoms with van der Waals surface area (Å²) in [5, 5.41) is 10.0. The number of amides is 1. The molecule has 1 amide bonds. The number of sulfonamides is 1. The second-order valence-electron chi connectivity index (χ2n) is 5.78. The van der Waals surface area contributed by atoms with Crippen molar-refractivity contribution in [2.24, 2.45) is 5.41 Å². The van der Waals surface area contributed by atoms with E-state index < -0.39 is 15.4 Å². The van der Waals surface area contributed by atoms with Crippen LogP contribution in [0.15, 0.2) is 4.34 Å². The van der Waals surface area contributed by atoms with Gasteiger partial charge in [-0.05, 0) is 14.1 Å². The average Bonchev–Trinajstić information content (AvgIpc) is 2.76. The Balaban J connectivity index is 2.72. The van der Waals surface area contributed by atoms with E-state index in [1.165, 1.54) is 0 Å². The van der Waals surface area contributed by atoms with Gasteiger partial charge in [0.1, 0.15) is 0 Å². The van der Waals surface area contributed by atoms with Gasteiger partial charge >= 0.3 is 0 Å². The molecule has 0 saturated heterocycles. The number of hydrogen-bond donors (Lipinski definition) is 2.